The molecule has 0 aliphatic rings. The highest BCUT2D eigenvalue weighted by Crippen LogP contribution is 2.25. The molecular formula is C13H11N5O. The summed E-state index contributed by atoms with van der Waals surface area (Å²) >= 11 is 0. The summed E-state index contributed by atoms with van der Waals surface area (Å²) in [5.74, 6) is 0.573. The number of aromatic nitrogens is 4. The fourth-order valence-electron chi connectivity index (χ4n) is 1.88. The third-order valence-corrected chi connectivity index (χ3v) is 2.72. The molecule has 0 aliphatic heterocycles. The Labute approximate surface area is 109 Å². The van der Waals surface area contributed by atoms with Gasteiger partial charge in [-0.2, -0.15) is 15.0 Å². The van der Waals surface area contributed by atoms with Gasteiger partial charge in [0.05, 0.1) is 7.11 Å². The van der Waals surface area contributed by atoms with Gasteiger partial charge in [-0.3, -0.25) is 4.98 Å². The van der Waals surface area contributed by atoms with Gasteiger partial charge < -0.3 is 10.5 Å². The van der Waals surface area contributed by atoms with Gasteiger partial charge in [0, 0.05) is 23.3 Å². The summed E-state index contributed by atoms with van der Waals surface area (Å²) in [5, 5.41) is 2.02. The first kappa shape index (κ1) is 11.3. The standard InChI is InChI=1S/C13H11N5O/c1-19-13-17-11(16-12(14)18-13)10-7-15-6-8-4-2-3-5-9(8)10/h2-7H,1H3,(H2,14,16,17,18). The third-order valence-electron chi connectivity index (χ3n) is 2.72. The molecule has 0 bridgehead atoms. The fraction of sp³-hybridized carbons (Fsp3) is 0.0769. The lowest BCUT2D eigenvalue weighted by Crippen LogP contribution is -2.03. The minimum atomic E-state index is 0.120. The maximum atomic E-state index is 5.65. The van der Waals surface area contributed by atoms with E-state index in [9.17, 15) is 0 Å². The van der Waals surface area contributed by atoms with Crippen molar-refractivity contribution in [3.05, 3.63) is 36.7 Å². The van der Waals surface area contributed by atoms with Gasteiger partial charge in [-0.05, 0) is 5.39 Å². The molecule has 0 saturated heterocycles. The van der Waals surface area contributed by atoms with Crippen molar-refractivity contribution < 1.29 is 4.74 Å². The number of nitrogen functional groups attached to an aromatic ring is 1. The van der Waals surface area contributed by atoms with Gasteiger partial charge in [-0.15, -0.1) is 0 Å². The highest BCUT2D eigenvalue weighted by atomic mass is 16.5. The number of hydrogen-bond donors (Lipinski definition) is 1. The summed E-state index contributed by atoms with van der Waals surface area (Å²) in [6, 6.07) is 8.06. The van der Waals surface area contributed by atoms with Crippen molar-refractivity contribution in [2.24, 2.45) is 0 Å². The van der Waals surface area contributed by atoms with Crippen LogP contribution in [0.3, 0.4) is 0 Å². The van der Waals surface area contributed by atoms with Crippen LogP contribution in [0.4, 0.5) is 5.95 Å². The summed E-state index contributed by atoms with van der Waals surface area (Å²) < 4.78 is 5.01. The SMILES string of the molecule is COc1nc(N)nc(-c2cncc3ccccc23)n1. The molecule has 0 aliphatic carbocycles. The van der Waals surface area contributed by atoms with E-state index < -0.39 is 0 Å². The van der Waals surface area contributed by atoms with E-state index in [0.717, 1.165) is 16.3 Å². The molecule has 0 unspecified atom stereocenters. The lowest BCUT2D eigenvalue weighted by atomic mass is 10.1. The number of nitrogens with zero attached hydrogens (tertiary/aromatic N) is 4. The number of fused-ring (bicyclic) bond motifs is 1. The Balaban J connectivity index is 2.27. The average Bonchev–Trinajstić information content (AvgIpc) is 2.46. The summed E-state index contributed by atoms with van der Waals surface area (Å²) in [6.07, 6.45) is 3.50. The van der Waals surface area contributed by atoms with Gasteiger partial charge in [0.2, 0.25) is 5.95 Å². The molecule has 6 nitrogen and oxygen atoms in total. The topological polar surface area (TPSA) is 86.8 Å². The Hall–Kier alpha value is -2.76. The number of hydrogen-bond acceptors (Lipinski definition) is 6. The van der Waals surface area contributed by atoms with Crippen molar-refractivity contribution in [2.45, 2.75) is 0 Å². The average molecular weight is 253 g/mol. The van der Waals surface area contributed by atoms with Gasteiger partial charge in [0.15, 0.2) is 5.82 Å². The zero-order valence-electron chi connectivity index (χ0n) is 10.2. The van der Waals surface area contributed by atoms with Crippen LogP contribution in [0.25, 0.3) is 22.2 Å². The third kappa shape index (κ3) is 2.03. The molecule has 0 spiro atoms. The lowest BCUT2D eigenvalue weighted by molar-refractivity contribution is 0.379. The van der Waals surface area contributed by atoms with Crippen molar-refractivity contribution >= 4 is 16.7 Å². The smallest absolute Gasteiger partial charge is 0.321 e. The Morgan fingerprint density at radius 1 is 1.05 bits per heavy atom. The van der Waals surface area contributed by atoms with Crippen molar-refractivity contribution in [1.82, 2.24) is 19.9 Å². The molecule has 2 heterocycles. The molecular weight excluding hydrogens is 242 g/mol. The number of anilines is 1. The summed E-state index contributed by atoms with van der Waals surface area (Å²) in [7, 11) is 1.49. The first-order valence-electron chi connectivity index (χ1n) is 5.66. The molecule has 3 aromatic rings. The van der Waals surface area contributed by atoms with E-state index in [0.29, 0.717) is 5.82 Å². The second-order valence-corrected chi connectivity index (χ2v) is 3.91. The van der Waals surface area contributed by atoms with Crippen molar-refractivity contribution in [3.8, 4) is 17.4 Å². The number of pyridine rings is 1. The van der Waals surface area contributed by atoms with Crippen LogP contribution < -0.4 is 10.5 Å². The second kappa shape index (κ2) is 4.49. The van der Waals surface area contributed by atoms with Crippen molar-refractivity contribution in [2.75, 3.05) is 12.8 Å². The molecule has 94 valence electrons. The number of ether oxygens (including phenoxy) is 1. The van der Waals surface area contributed by atoms with Crippen LogP contribution in [-0.2, 0) is 0 Å². The van der Waals surface area contributed by atoms with E-state index in [-0.39, 0.29) is 12.0 Å². The first-order chi connectivity index (χ1) is 9.28. The molecule has 0 radical (unpaired) electrons. The van der Waals surface area contributed by atoms with Crippen LogP contribution in [0, 0.1) is 0 Å². The van der Waals surface area contributed by atoms with Crippen LogP contribution in [0.15, 0.2) is 36.7 Å². The predicted molar refractivity (Wildman–Crippen MR) is 71.5 cm³/mol. The zero-order chi connectivity index (χ0) is 13.2. The van der Waals surface area contributed by atoms with E-state index in [1.807, 2.05) is 24.3 Å². The van der Waals surface area contributed by atoms with Gasteiger partial charge in [-0.1, -0.05) is 24.3 Å². The number of nitrogens with two attached hydrogens (primary N) is 1. The first-order valence-corrected chi connectivity index (χ1v) is 5.66. The van der Waals surface area contributed by atoms with E-state index in [4.69, 9.17) is 10.5 Å². The van der Waals surface area contributed by atoms with E-state index in [1.165, 1.54) is 7.11 Å². The number of benzene rings is 1. The zero-order valence-corrected chi connectivity index (χ0v) is 10.2. The minimum absolute atomic E-state index is 0.120. The minimum Gasteiger partial charge on any atom is -0.467 e. The molecule has 19 heavy (non-hydrogen) atoms. The van der Waals surface area contributed by atoms with Gasteiger partial charge >= 0.3 is 6.01 Å². The van der Waals surface area contributed by atoms with E-state index in [2.05, 4.69) is 19.9 Å². The van der Waals surface area contributed by atoms with Gasteiger partial charge in [0.1, 0.15) is 0 Å². The maximum Gasteiger partial charge on any atom is 0.321 e. The van der Waals surface area contributed by atoms with Gasteiger partial charge in [0.25, 0.3) is 0 Å². The highest BCUT2D eigenvalue weighted by Gasteiger charge is 2.10. The molecule has 0 atom stereocenters. The summed E-state index contributed by atoms with van der Waals surface area (Å²) in [6.45, 7) is 0. The molecule has 2 aromatic heterocycles. The summed E-state index contributed by atoms with van der Waals surface area (Å²) in [5.41, 5.74) is 6.45. The Morgan fingerprint density at radius 3 is 2.74 bits per heavy atom. The van der Waals surface area contributed by atoms with Crippen molar-refractivity contribution in [1.29, 1.82) is 0 Å². The number of rotatable bonds is 2. The molecule has 6 heteroatoms. The largest absolute Gasteiger partial charge is 0.467 e. The molecule has 0 amide bonds. The van der Waals surface area contributed by atoms with Crippen LogP contribution in [0.2, 0.25) is 0 Å². The van der Waals surface area contributed by atoms with Gasteiger partial charge in [-0.25, -0.2) is 0 Å². The van der Waals surface area contributed by atoms with Crippen LogP contribution in [0.5, 0.6) is 6.01 Å². The van der Waals surface area contributed by atoms with E-state index in [1.54, 1.807) is 12.4 Å². The Morgan fingerprint density at radius 2 is 1.89 bits per heavy atom. The number of methoxy groups -OCH3 is 1. The molecule has 0 saturated carbocycles. The van der Waals surface area contributed by atoms with Crippen molar-refractivity contribution in [3.63, 3.8) is 0 Å². The molecule has 1 aromatic carbocycles. The fourth-order valence-corrected chi connectivity index (χ4v) is 1.88. The normalized spacial score (nSPS) is 10.6. The van der Waals surface area contributed by atoms with E-state index >= 15 is 0 Å². The highest BCUT2D eigenvalue weighted by molar-refractivity contribution is 5.94. The summed E-state index contributed by atoms with van der Waals surface area (Å²) in [4.78, 5) is 16.4. The Bertz CT molecular complexity index is 739. The molecule has 0 fully saturated rings. The molecule has 3 rings (SSSR count). The lowest BCUT2D eigenvalue weighted by Gasteiger charge is -2.06. The quantitative estimate of drug-likeness (QED) is 0.747. The Kier molecular flexibility index (Phi) is 2.68. The van der Waals surface area contributed by atoms with Crippen LogP contribution in [0.1, 0.15) is 0 Å². The maximum absolute atomic E-state index is 5.65. The molecule has 2 N–H and O–H groups in total. The predicted octanol–water partition coefficient (Wildman–Crippen LogP) is 1.68. The second-order valence-electron chi connectivity index (χ2n) is 3.91. The van der Waals surface area contributed by atoms with Crippen LogP contribution in [-0.4, -0.2) is 27.0 Å². The van der Waals surface area contributed by atoms with Crippen LogP contribution >= 0.6 is 0 Å². The monoisotopic (exact) mass is 253 g/mol.